The molecule has 7 rings (SSSR count). The fourth-order valence-electron chi connectivity index (χ4n) is 5.38. The molecule has 2 aliphatic heterocycles. The maximum absolute atomic E-state index is 12.9. The summed E-state index contributed by atoms with van der Waals surface area (Å²) < 4.78 is 7.16. The van der Waals surface area contributed by atoms with Crippen LogP contribution in [0.5, 0.6) is 0 Å². The normalized spacial score (nSPS) is 20.9. The first-order chi connectivity index (χ1) is 19.5. The van der Waals surface area contributed by atoms with Crippen LogP contribution in [-0.2, 0) is 11.3 Å². The Morgan fingerprint density at radius 2 is 1.95 bits per heavy atom. The van der Waals surface area contributed by atoms with Gasteiger partial charge in [-0.25, -0.2) is 9.97 Å². The lowest BCUT2D eigenvalue weighted by Gasteiger charge is -2.29. The number of aromatic nitrogens is 3. The van der Waals surface area contributed by atoms with Crippen LogP contribution in [0, 0.1) is 0 Å². The number of morpholine rings is 1. The van der Waals surface area contributed by atoms with Crippen molar-refractivity contribution in [3.8, 4) is 10.6 Å². The van der Waals surface area contributed by atoms with Gasteiger partial charge >= 0.3 is 0 Å². The van der Waals surface area contributed by atoms with Crippen molar-refractivity contribution in [1.82, 2.24) is 20.3 Å². The Kier molecular flexibility index (Phi) is 6.87. The number of thiazole rings is 1. The van der Waals surface area contributed by atoms with E-state index in [0.29, 0.717) is 42.8 Å². The van der Waals surface area contributed by atoms with E-state index in [2.05, 4.69) is 30.8 Å². The van der Waals surface area contributed by atoms with Crippen molar-refractivity contribution in [1.29, 1.82) is 0 Å². The number of ether oxygens (including phenoxy) is 1. The van der Waals surface area contributed by atoms with Crippen LogP contribution in [0.3, 0.4) is 0 Å². The fourth-order valence-corrected chi connectivity index (χ4v) is 8.70. The predicted octanol–water partition coefficient (Wildman–Crippen LogP) is 3.74. The van der Waals surface area contributed by atoms with E-state index in [1.54, 1.807) is 23.6 Å². The molecule has 0 spiro atoms. The van der Waals surface area contributed by atoms with Gasteiger partial charge in [0.15, 0.2) is 5.43 Å². The van der Waals surface area contributed by atoms with Gasteiger partial charge in [-0.15, -0.1) is 22.7 Å². The van der Waals surface area contributed by atoms with Crippen molar-refractivity contribution >= 4 is 71.1 Å². The average Bonchev–Trinajstić information content (AvgIpc) is 3.69. The van der Waals surface area contributed by atoms with E-state index in [-0.39, 0.29) is 23.4 Å². The molecule has 4 aromatic heterocycles. The van der Waals surface area contributed by atoms with Gasteiger partial charge in [0.25, 0.3) is 5.91 Å². The summed E-state index contributed by atoms with van der Waals surface area (Å²) in [5.74, 6) is 0.706. The average molecular weight is 597 g/mol. The molecule has 0 radical (unpaired) electrons. The van der Waals surface area contributed by atoms with Crippen molar-refractivity contribution < 1.29 is 9.53 Å². The van der Waals surface area contributed by atoms with E-state index >= 15 is 0 Å². The Bertz CT molecular complexity index is 1640. The second kappa shape index (κ2) is 10.7. The predicted molar refractivity (Wildman–Crippen MR) is 160 cm³/mol. The quantitative estimate of drug-likeness (QED) is 0.259. The number of amides is 1. The number of fused-ring (bicyclic) bond motifs is 2. The molecule has 0 bridgehead atoms. The molecule has 3 aliphatic rings. The van der Waals surface area contributed by atoms with Crippen LogP contribution in [0.25, 0.3) is 20.0 Å². The number of nitrogens with one attached hydrogen (secondary N) is 3. The molecule has 5 N–H and O–H groups in total. The first-order valence-corrected chi connectivity index (χ1v) is 15.9. The number of nitrogens with zero attached hydrogens (tertiary/aromatic N) is 4. The number of hydrogen-bond acceptors (Lipinski definition) is 13. The third-order valence-corrected chi connectivity index (χ3v) is 10.8. The molecule has 4 aromatic rings. The fraction of sp³-hybridized carbons (Fsp3) is 0.423. The molecule has 208 valence electrons. The number of rotatable bonds is 6. The van der Waals surface area contributed by atoms with E-state index < -0.39 is 0 Å². The topological polar surface area (TPSA) is 147 Å². The van der Waals surface area contributed by atoms with E-state index in [1.807, 2.05) is 5.38 Å². The maximum Gasteiger partial charge on any atom is 0.257 e. The van der Waals surface area contributed by atoms with Crippen LogP contribution in [0.15, 0.2) is 22.4 Å². The zero-order chi connectivity index (χ0) is 27.2. The zero-order valence-corrected chi connectivity index (χ0v) is 24.0. The van der Waals surface area contributed by atoms with Gasteiger partial charge in [-0.1, -0.05) is 24.2 Å². The van der Waals surface area contributed by atoms with Crippen molar-refractivity contribution in [2.24, 2.45) is 5.73 Å². The molecular weight excluding hydrogens is 569 g/mol. The molecule has 2 fully saturated rings. The van der Waals surface area contributed by atoms with Crippen molar-refractivity contribution in [2.45, 2.75) is 44.3 Å². The highest BCUT2D eigenvalue weighted by Crippen LogP contribution is 2.41. The van der Waals surface area contributed by atoms with Crippen LogP contribution in [0.2, 0.25) is 0 Å². The molecular formula is C26H28N8O3S3. The molecule has 6 heterocycles. The summed E-state index contributed by atoms with van der Waals surface area (Å²) in [7, 11) is 0. The minimum absolute atomic E-state index is 0.0293. The second-order valence-corrected chi connectivity index (χ2v) is 13.1. The minimum Gasteiger partial charge on any atom is -0.378 e. The highest BCUT2D eigenvalue weighted by atomic mass is 32.1. The number of nitrogens with two attached hydrogens (primary N) is 1. The van der Waals surface area contributed by atoms with E-state index in [1.165, 1.54) is 22.7 Å². The summed E-state index contributed by atoms with van der Waals surface area (Å²) in [6, 6.07) is 1.88. The first-order valence-electron chi connectivity index (χ1n) is 13.4. The zero-order valence-electron chi connectivity index (χ0n) is 21.6. The highest BCUT2D eigenvalue weighted by Gasteiger charge is 2.29. The van der Waals surface area contributed by atoms with Crippen LogP contribution in [-0.4, -0.2) is 59.2 Å². The Hall–Kier alpha value is -3.17. The summed E-state index contributed by atoms with van der Waals surface area (Å²) in [4.78, 5) is 41.8. The lowest BCUT2D eigenvalue weighted by atomic mass is 9.91. The summed E-state index contributed by atoms with van der Waals surface area (Å²) in [5.41, 5.74) is 8.41. The number of hydrogen-bond donors (Lipinski definition) is 4. The molecule has 1 saturated carbocycles. The smallest absolute Gasteiger partial charge is 0.257 e. The molecule has 40 heavy (non-hydrogen) atoms. The molecule has 1 aliphatic carbocycles. The molecule has 0 aromatic carbocycles. The van der Waals surface area contributed by atoms with E-state index in [0.717, 1.165) is 68.7 Å². The van der Waals surface area contributed by atoms with Crippen molar-refractivity contribution in [2.75, 3.05) is 41.8 Å². The SMILES string of the molecule is N[C@@H]1CCCC[C@@H]1Nc1nc2c(c(Nc3cnc(-c4csc5c(=O)cc(N6CCOCC6)sc45)s3)n1)C(=O)NC2. The molecule has 0 unspecified atom stereocenters. The Balaban J connectivity index is 1.19. The number of carbonyl (C=O) groups excluding carboxylic acids is 1. The second-order valence-electron chi connectivity index (χ2n) is 10.1. The molecule has 14 heteroatoms. The third kappa shape index (κ3) is 4.83. The third-order valence-electron chi connectivity index (χ3n) is 7.49. The van der Waals surface area contributed by atoms with Gasteiger partial charge in [-0.3, -0.25) is 9.59 Å². The van der Waals surface area contributed by atoms with Gasteiger partial charge in [0.2, 0.25) is 5.95 Å². The van der Waals surface area contributed by atoms with Gasteiger partial charge in [0, 0.05) is 42.2 Å². The van der Waals surface area contributed by atoms with Crippen LogP contribution < -0.4 is 32.0 Å². The van der Waals surface area contributed by atoms with Crippen molar-refractivity contribution in [3.63, 3.8) is 0 Å². The molecule has 1 amide bonds. The van der Waals surface area contributed by atoms with Crippen molar-refractivity contribution in [3.05, 3.63) is 39.1 Å². The van der Waals surface area contributed by atoms with Gasteiger partial charge in [0.05, 0.1) is 46.1 Å². The monoisotopic (exact) mass is 596 g/mol. The lowest BCUT2D eigenvalue weighted by Crippen LogP contribution is -2.43. The van der Waals surface area contributed by atoms with Gasteiger partial charge in [0.1, 0.15) is 21.4 Å². The number of carbonyl (C=O) groups is 1. The Morgan fingerprint density at radius 1 is 1.10 bits per heavy atom. The van der Waals surface area contributed by atoms with Gasteiger partial charge in [-0.05, 0) is 12.8 Å². The number of anilines is 4. The standard InChI is InChI=1S/C26H28N8O3S3/c27-14-3-1-2-4-15(14)30-26-31-16-10-28-24(36)20(16)23(33-26)32-18-11-29-25(39-18)13-12-38-22-17(35)9-19(40-21(13)22)34-5-7-37-8-6-34/h9,11-12,14-15H,1-8,10,27H2,(H,28,36)(H2,30,31,32,33)/t14-,15+/m1/s1. The maximum atomic E-state index is 12.9. The van der Waals surface area contributed by atoms with E-state index in [9.17, 15) is 9.59 Å². The summed E-state index contributed by atoms with van der Waals surface area (Å²) >= 11 is 4.53. The largest absolute Gasteiger partial charge is 0.378 e. The summed E-state index contributed by atoms with van der Waals surface area (Å²) in [5, 5.41) is 14.1. The Morgan fingerprint density at radius 3 is 2.80 bits per heavy atom. The molecule has 11 nitrogen and oxygen atoms in total. The lowest BCUT2D eigenvalue weighted by molar-refractivity contribution is 0.0966. The minimum atomic E-state index is -0.201. The summed E-state index contributed by atoms with van der Waals surface area (Å²) in [6.45, 7) is 3.22. The van der Waals surface area contributed by atoms with Crippen LogP contribution in [0.4, 0.5) is 21.8 Å². The van der Waals surface area contributed by atoms with Crippen LogP contribution in [0.1, 0.15) is 41.7 Å². The highest BCUT2D eigenvalue weighted by molar-refractivity contribution is 7.29. The molecule has 1 saturated heterocycles. The summed E-state index contributed by atoms with van der Waals surface area (Å²) in [6.07, 6.45) is 5.92. The van der Waals surface area contributed by atoms with Gasteiger partial charge < -0.3 is 31.3 Å². The van der Waals surface area contributed by atoms with E-state index in [4.69, 9.17) is 15.5 Å². The molecule has 2 atom stereocenters. The first kappa shape index (κ1) is 25.8. The number of thiophene rings is 1. The van der Waals surface area contributed by atoms with Gasteiger partial charge in [-0.2, -0.15) is 4.98 Å². The Labute approximate surface area is 241 Å². The van der Waals surface area contributed by atoms with Crippen LogP contribution >= 0.6 is 34.0 Å².